The van der Waals surface area contributed by atoms with Crippen molar-refractivity contribution in [2.45, 2.75) is 6.92 Å². The predicted octanol–water partition coefficient (Wildman–Crippen LogP) is 2.94. The van der Waals surface area contributed by atoms with E-state index in [9.17, 15) is 9.90 Å². The van der Waals surface area contributed by atoms with Crippen LogP contribution in [0.15, 0.2) is 42.5 Å². The number of hydrogen-bond acceptors (Lipinski definition) is 3. The second-order valence-electron chi connectivity index (χ2n) is 4.08. The molecule has 0 saturated heterocycles. The zero-order valence-corrected chi connectivity index (χ0v) is 10.3. The molecule has 0 saturated carbocycles. The molecule has 0 aliphatic carbocycles. The number of ether oxygens (including phenoxy) is 1. The third-order valence-corrected chi connectivity index (χ3v) is 2.76. The summed E-state index contributed by atoms with van der Waals surface area (Å²) in [4.78, 5) is 12.2. The lowest BCUT2D eigenvalue weighted by Crippen LogP contribution is -2.01. The first kappa shape index (κ1) is 12.2. The Balaban J connectivity index is 2.37. The van der Waals surface area contributed by atoms with Gasteiger partial charge in [0.2, 0.25) is 0 Å². The molecule has 0 heterocycles. The molecule has 1 N–H and O–H groups in total. The van der Waals surface area contributed by atoms with Crippen molar-refractivity contribution in [3.05, 3.63) is 59.2 Å². The molecule has 3 nitrogen and oxygen atoms in total. The van der Waals surface area contributed by atoms with E-state index in [4.69, 9.17) is 4.74 Å². The minimum absolute atomic E-state index is 0.0259. The summed E-state index contributed by atoms with van der Waals surface area (Å²) in [6.07, 6.45) is 0. The molecular weight excluding hydrogens is 228 g/mol. The molecular formula is C15H14O3. The third-order valence-electron chi connectivity index (χ3n) is 2.76. The minimum Gasteiger partial charge on any atom is -0.504 e. The number of rotatable bonds is 3. The predicted molar refractivity (Wildman–Crippen MR) is 69.3 cm³/mol. The van der Waals surface area contributed by atoms with Crippen LogP contribution >= 0.6 is 0 Å². The summed E-state index contributed by atoms with van der Waals surface area (Å²) in [5.41, 5.74) is 2.22. The Hall–Kier alpha value is -2.29. The standard InChI is InChI=1S/C15H14O3/c1-10-3-5-11(6-4-10)15(17)12-7-8-13(16)14(9-12)18-2/h3-9,16H,1-2H3. The molecule has 0 amide bonds. The van der Waals surface area contributed by atoms with E-state index in [-0.39, 0.29) is 11.5 Å². The van der Waals surface area contributed by atoms with E-state index in [1.807, 2.05) is 19.1 Å². The highest BCUT2D eigenvalue weighted by Crippen LogP contribution is 2.27. The van der Waals surface area contributed by atoms with Gasteiger partial charge in [0.05, 0.1) is 7.11 Å². The van der Waals surface area contributed by atoms with Gasteiger partial charge in [0.25, 0.3) is 0 Å². The van der Waals surface area contributed by atoms with Crippen LogP contribution in [-0.2, 0) is 0 Å². The fourth-order valence-electron chi connectivity index (χ4n) is 1.69. The van der Waals surface area contributed by atoms with E-state index < -0.39 is 0 Å². The Morgan fingerprint density at radius 1 is 1.06 bits per heavy atom. The molecule has 0 spiro atoms. The van der Waals surface area contributed by atoms with E-state index in [0.29, 0.717) is 16.9 Å². The van der Waals surface area contributed by atoms with Gasteiger partial charge in [-0.3, -0.25) is 4.79 Å². The van der Waals surface area contributed by atoms with Crippen molar-refractivity contribution >= 4 is 5.78 Å². The Morgan fingerprint density at radius 3 is 2.28 bits per heavy atom. The first-order valence-corrected chi connectivity index (χ1v) is 5.60. The number of carbonyl (C=O) groups is 1. The summed E-state index contributed by atoms with van der Waals surface area (Å²) in [5, 5.41) is 9.49. The second kappa shape index (κ2) is 4.92. The highest BCUT2D eigenvalue weighted by atomic mass is 16.5. The maximum absolute atomic E-state index is 12.2. The molecule has 0 aromatic heterocycles. The number of phenolic OH excluding ortho intramolecular Hbond substituents is 1. The van der Waals surface area contributed by atoms with Gasteiger partial charge in [-0.1, -0.05) is 29.8 Å². The number of hydrogen-bond donors (Lipinski definition) is 1. The molecule has 0 radical (unpaired) electrons. The Kier molecular flexibility index (Phi) is 3.33. The molecule has 0 aliphatic heterocycles. The van der Waals surface area contributed by atoms with Gasteiger partial charge in [0.15, 0.2) is 17.3 Å². The Morgan fingerprint density at radius 2 is 1.67 bits per heavy atom. The van der Waals surface area contributed by atoms with E-state index in [1.54, 1.807) is 18.2 Å². The molecule has 0 unspecified atom stereocenters. The van der Waals surface area contributed by atoms with E-state index >= 15 is 0 Å². The molecule has 2 aromatic rings. The van der Waals surface area contributed by atoms with Crippen molar-refractivity contribution in [1.29, 1.82) is 0 Å². The smallest absolute Gasteiger partial charge is 0.193 e. The zero-order valence-electron chi connectivity index (χ0n) is 10.3. The molecule has 0 aliphatic rings. The first-order valence-electron chi connectivity index (χ1n) is 5.60. The van der Waals surface area contributed by atoms with E-state index in [2.05, 4.69) is 0 Å². The third kappa shape index (κ3) is 2.35. The number of benzene rings is 2. The minimum atomic E-state index is -0.0895. The largest absolute Gasteiger partial charge is 0.504 e. The van der Waals surface area contributed by atoms with Crippen molar-refractivity contribution < 1.29 is 14.6 Å². The van der Waals surface area contributed by atoms with Gasteiger partial charge >= 0.3 is 0 Å². The van der Waals surface area contributed by atoms with Crippen molar-refractivity contribution in [3.63, 3.8) is 0 Å². The molecule has 2 rings (SSSR count). The lowest BCUT2D eigenvalue weighted by Gasteiger charge is -2.06. The van der Waals surface area contributed by atoms with E-state index in [1.165, 1.54) is 19.2 Å². The van der Waals surface area contributed by atoms with Crippen LogP contribution in [0.5, 0.6) is 11.5 Å². The summed E-state index contributed by atoms with van der Waals surface area (Å²) >= 11 is 0. The number of methoxy groups -OCH3 is 1. The van der Waals surface area contributed by atoms with Gasteiger partial charge < -0.3 is 9.84 Å². The molecule has 0 atom stereocenters. The summed E-state index contributed by atoms with van der Waals surface area (Å²) in [6, 6.07) is 11.9. The van der Waals surface area contributed by atoms with Crippen LogP contribution in [0, 0.1) is 6.92 Å². The molecule has 18 heavy (non-hydrogen) atoms. The molecule has 3 heteroatoms. The van der Waals surface area contributed by atoms with Gasteiger partial charge in [0, 0.05) is 11.1 Å². The maximum Gasteiger partial charge on any atom is 0.193 e. The normalized spacial score (nSPS) is 10.1. The SMILES string of the molecule is COc1cc(C(=O)c2ccc(C)cc2)ccc1O. The molecule has 92 valence electrons. The van der Waals surface area contributed by atoms with Crippen LogP contribution in [0.4, 0.5) is 0 Å². The number of carbonyl (C=O) groups excluding carboxylic acids is 1. The summed E-state index contributed by atoms with van der Waals surface area (Å²) in [6.45, 7) is 1.97. The lowest BCUT2D eigenvalue weighted by molar-refractivity contribution is 0.103. The highest BCUT2D eigenvalue weighted by Gasteiger charge is 2.11. The fraction of sp³-hybridized carbons (Fsp3) is 0.133. The average molecular weight is 242 g/mol. The van der Waals surface area contributed by atoms with Crippen LogP contribution in [0.1, 0.15) is 21.5 Å². The monoisotopic (exact) mass is 242 g/mol. The van der Waals surface area contributed by atoms with Gasteiger partial charge in [-0.25, -0.2) is 0 Å². The summed E-state index contributed by atoms with van der Waals surface area (Å²) in [7, 11) is 1.45. The van der Waals surface area contributed by atoms with E-state index in [0.717, 1.165) is 5.56 Å². The van der Waals surface area contributed by atoms with Gasteiger partial charge in [0.1, 0.15) is 0 Å². The Labute approximate surface area is 106 Å². The molecule has 2 aromatic carbocycles. The quantitative estimate of drug-likeness (QED) is 0.842. The number of aryl methyl sites for hydroxylation is 1. The topological polar surface area (TPSA) is 46.5 Å². The number of aromatic hydroxyl groups is 1. The van der Waals surface area contributed by atoms with Crippen molar-refractivity contribution in [2.75, 3.05) is 7.11 Å². The second-order valence-corrected chi connectivity index (χ2v) is 4.08. The summed E-state index contributed by atoms with van der Waals surface area (Å²) in [5.74, 6) is 0.235. The lowest BCUT2D eigenvalue weighted by atomic mass is 10.0. The molecule has 0 fully saturated rings. The average Bonchev–Trinajstić information content (AvgIpc) is 2.39. The number of ketones is 1. The fourth-order valence-corrected chi connectivity index (χ4v) is 1.69. The van der Waals surface area contributed by atoms with Gasteiger partial charge in [-0.15, -0.1) is 0 Å². The van der Waals surface area contributed by atoms with Crippen LogP contribution in [0.2, 0.25) is 0 Å². The summed E-state index contributed by atoms with van der Waals surface area (Å²) < 4.78 is 4.99. The van der Waals surface area contributed by atoms with Crippen molar-refractivity contribution in [2.24, 2.45) is 0 Å². The van der Waals surface area contributed by atoms with Crippen LogP contribution in [0.25, 0.3) is 0 Å². The van der Waals surface area contributed by atoms with Crippen molar-refractivity contribution in [1.82, 2.24) is 0 Å². The van der Waals surface area contributed by atoms with Crippen LogP contribution in [-0.4, -0.2) is 18.0 Å². The highest BCUT2D eigenvalue weighted by molar-refractivity contribution is 6.09. The van der Waals surface area contributed by atoms with Crippen LogP contribution < -0.4 is 4.74 Å². The zero-order chi connectivity index (χ0) is 13.1. The van der Waals surface area contributed by atoms with Gasteiger partial charge in [-0.2, -0.15) is 0 Å². The van der Waals surface area contributed by atoms with Gasteiger partial charge in [-0.05, 0) is 25.1 Å². The number of phenols is 1. The Bertz CT molecular complexity index is 571. The maximum atomic E-state index is 12.2. The van der Waals surface area contributed by atoms with Crippen LogP contribution in [0.3, 0.4) is 0 Å². The van der Waals surface area contributed by atoms with Crippen molar-refractivity contribution in [3.8, 4) is 11.5 Å². The molecule has 0 bridgehead atoms. The first-order chi connectivity index (χ1) is 8.61.